The average Bonchev–Trinajstić information content (AvgIpc) is 2.68. The Labute approximate surface area is 150 Å². The van der Waals surface area contributed by atoms with Gasteiger partial charge < -0.3 is 10.1 Å². The number of hydrogen-bond acceptors (Lipinski definition) is 4. The van der Waals surface area contributed by atoms with Crippen LogP contribution < -0.4 is 10.1 Å². The molecule has 3 aromatic rings. The Hall–Kier alpha value is -3.67. The highest BCUT2D eigenvalue weighted by molar-refractivity contribution is 5.95. The van der Waals surface area contributed by atoms with Crippen LogP contribution in [0.3, 0.4) is 0 Å². The summed E-state index contributed by atoms with van der Waals surface area (Å²) >= 11 is 0. The van der Waals surface area contributed by atoms with Crippen LogP contribution in [0.15, 0.2) is 72.8 Å². The molecule has 6 nitrogen and oxygen atoms in total. The van der Waals surface area contributed by atoms with Crippen molar-refractivity contribution in [2.24, 2.45) is 0 Å². The molecule has 0 aliphatic heterocycles. The number of carbonyl (C=O) groups is 1. The van der Waals surface area contributed by atoms with Crippen molar-refractivity contribution in [3.8, 4) is 22.6 Å². The molecule has 3 aromatic carbocycles. The first-order valence-corrected chi connectivity index (χ1v) is 7.92. The van der Waals surface area contributed by atoms with E-state index in [1.807, 2.05) is 42.5 Å². The summed E-state index contributed by atoms with van der Waals surface area (Å²) in [6, 6.07) is 21.2. The third-order valence-electron chi connectivity index (χ3n) is 3.83. The van der Waals surface area contributed by atoms with Gasteiger partial charge in [0.1, 0.15) is 5.75 Å². The highest BCUT2D eigenvalue weighted by Gasteiger charge is 2.19. The predicted molar refractivity (Wildman–Crippen MR) is 98.4 cm³/mol. The molecule has 3 rings (SSSR count). The summed E-state index contributed by atoms with van der Waals surface area (Å²) in [5.41, 5.74) is 2.02. The third-order valence-corrected chi connectivity index (χ3v) is 3.83. The van der Waals surface area contributed by atoms with Crippen LogP contribution in [-0.2, 0) is 0 Å². The molecule has 26 heavy (non-hydrogen) atoms. The SMILES string of the molecule is CNC(=O)c1ccc(Oc2ccc(-c3ccccc3)cc2)c([N+](=O)[O-])c1. The van der Waals surface area contributed by atoms with Gasteiger partial charge in [-0.1, -0.05) is 42.5 Å². The van der Waals surface area contributed by atoms with E-state index in [2.05, 4.69) is 5.32 Å². The fraction of sp³-hybridized carbons (Fsp3) is 0.0500. The smallest absolute Gasteiger partial charge is 0.312 e. The molecular weight excluding hydrogens is 332 g/mol. The highest BCUT2D eigenvalue weighted by Crippen LogP contribution is 2.33. The van der Waals surface area contributed by atoms with Gasteiger partial charge in [-0.2, -0.15) is 0 Å². The lowest BCUT2D eigenvalue weighted by molar-refractivity contribution is -0.385. The fourth-order valence-electron chi connectivity index (χ4n) is 2.50. The van der Waals surface area contributed by atoms with Gasteiger partial charge in [0, 0.05) is 18.7 Å². The summed E-state index contributed by atoms with van der Waals surface area (Å²) in [7, 11) is 1.47. The van der Waals surface area contributed by atoms with Crippen molar-refractivity contribution in [2.75, 3.05) is 7.05 Å². The Morgan fingerprint density at radius 2 is 1.62 bits per heavy atom. The molecular formula is C20H16N2O4. The zero-order valence-electron chi connectivity index (χ0n) is 14.0. The van der Waals surface area contributed by atoms with Crippen molar-refractivity contribution in [2.45, 2.75) is 0 Å². The minimum atomic E-state index is -0.569. The third kappa shape index (κ3) is 3.70. The molecule has 0 saturated heterocycles. The molecule has 0 atom stereocenters. The molecule has 130 valence electrons. The van der Waals surface area contributed by atoms with E-state index in [4.69, 9.17) is 4.74 Å². The molecule has 0 radical (unpaired) electrons. The van der Waals surface area contributed by atoms with E-state index >= 15 is 0 Å². The van der Waals surface area contributed by atoms with Gasteiger partial charge in [-0.25, -0.2) is 0 Å². The minimum Gasteiger partial charge on any atom is -0.450 e. The topological polar surface area (TPSA) is 81.5 Å². The fourth-order valence-corrected chi connectivity index (χ4v) is 2.50. The number of carbonyl (C=O) groups excluding carboxylic acids is 1. The van der Waals surface area contributed by atoms with Crippen molar-refractivity contribution >= 4 is 11.6 Å². The lowest BCUT2D eigenvalue weighted by Gasteiger charge is -2.09. The Bertz CT molecular complexity index is 938. The Kier molecular flexibility index (Phi) is 4.94. The maximum Gasteiger partial charge on any atom is 0.312 e. The number of nitro benzene ring substituents is 1. The molecule has 0 aliphatic carbocycles. The second-order valence-electron chi connectivity index (χ2n) is 5.51. The van der Waals surface area contributed by atoms with Crippen molar-refractivity contribution < 1.29 is 14.5 Å². The van der Waals surface area contributed by atoms with Crippen LogP contribution in [0.4, 0.5) is 5.69 Å². The molecule has 0 spiro atoms. The lowest BCUT2D eigenvalue weighted by Crippen LogP contribution is -2.17. The number of nitrogens with zero attached hydrogens (tertiary/aromatic N) is 1. The molecule has 0 saturated carbocycles. The first-order valence-electron chi connectivity index (χ1n) is 7.92. The second kappa shape index (κ2) is 7.48. The van der Waals surface area contributed by atoms with E-state index in [0.717, 1.165) is 11.1 Å². The number of hydrogen-bond donors (Lipinski definition) is 1. The highest BCUT2D eigenvalue weighted by atomic mass is 16.6. The van der Waals surface area contributed by atoms with Gasteiger partial charge in [0.25, 0.3) is 5.91 Å². The first-order chi connectivity index (χ1) is 12.6. The first kappa shape index (κ1) is 17.2. The summed E-state index contributed by atoms with van der Waals surface area (Å²) in [5, 5.41) is 13.7. The maximum atomic E-state index is 11.7. The monoisotopic (exact) mass is 348 g/mol. The van der Waals surface area contributed by atoms with E-state index < -0.39 is 10.8 Å². The summed E-state index contributed by atoms with van der Waals surface area (Å²) in [5.74, 6) is 0.155. The maximum absolute atomic E-state index is 11.7. The minimum absolute atomic E-state index is 0.0788. The molecule has 0 heterocycles. The van der Waals surface area contributed by atoms with Crippen molar-refractivity contribution in [1.29, 1.82) is 0 Å². The van der Waals surface area contributed by atoms with Crippen molar-refractivity contribution in [3.63, 3.8) is 0 Å². The van der Waals surface area contributed by atoms with Gasteiger partial charge in [-0.15, -0.1) is 0 Å². The molecule has 0 aromatic heterocycles. The van der Waals surface area contributed by atoms with Gasteiger partial charge in [0.05, 0.1) is 4.92 Å². The van der Waals surface area contributed by atoms with Gasteiger partial charge >= 0.3 is 5.69 Å². The quantitative estimate of drug-likeness (QED) is 0.547. The second-order valence-corrected chi connectivity index (χ2v) is 5.51. The van der Waals surface area contributed by atoms with Crippen LogP contribution in [0, 0.1) is 10.1 Å². The summed E-state index contributed by atoms with van der Waals surface area (Å²) in [6.07, 6.45) is 0. The normalized spacial score (nSPS) is 10.2. The number of amides is 1. The predicted octanol–water partition coefficient (Wildman–Crippen LogP) is 4.41. The summed E-state index contributed by atoms with van der Waals surface area (Å²) in [4.78, 5) is 22.4. The van der Waals surface area contributed by atoms with E-state index in [1.54, 1.807) is 12.1 Å². The summed E-state index contributed by atoms with van der Waals surface area (Å²) in [6.45, 7) is 0. The Morgan fingerprint density at radius 3 is 2.23 bits per heavy atom. The Balaban J connectivity index is 1.86. The number of nitrogens with one attached hydrogen (secondary N) is 1. The van der Waals surface area contributed by atoms with Crippen LogP contribution in [0.5, 0.6) is 11.5 Å². The van der Waals surface area contributed by atoms with Crippen LogP contribution in [0.25, 0.3) is 11.1 Å². The van der Waals surface area contributed by atoms with Gasteiger partial charge in [0.2, 0.25) is 5.75 Å². The standard InChI is InChI=1S/C20H16N2O4/c1-21-20(23)16-9-12-19(18(13-16)22(24)25)26-17-10-7-15(8-11-17)14-5-3-2-4-6-14/h2-13H,1H3,(H,21,23). The van der Waals surface area contributed by atoms with Crippen molar-refractivity contribution in [1.82, 2.24) is 5.32 Å². The average molecular weight is 348 g/mol. The molecule has 1 N–H and O–H groups in total. The molecule has 0 bridgehead atoms. The van der Waals surface area contributed by atoms with Gasteiger partial charge in [-0.3, -0.25) is 14.9 Å². The van der Waals surface area contributed by atoms with Crippen LogP contribution in [-0.4, -0.2) is 17.9 Å². The van der Waals surface area contributed by atoms with Crippen molar-refractivity contribution in [3.05, 3.63) is 88.5 Å². The Morgan fingerprint density at radius 1 is 0.962 bits per heavy atom. The molecule has 6 heteroatoms. The zero-order valence-corrected chi connectivity index (χ0v) is 14.0. The molecule has 0 fully saturated rings. The largest absolute Gasteiger partial charge is 0.450 e. The molecule has 1 amide bonds. The van der Waals surface area contributed by atoms with Gasteiger partial charge in [0.15, 0.2) is 0 Å². The number of ether oxygens (including phenoxy) is 1. The van der Waals surface area contributed by atoms with Gasteiger partial charge in [-0.05, 0) is 35.4 Å². The van der Waals surface area contributed by atoms with Crippen LogP contribution in [0.2, 0.25) is 0 Å². The number of nitro groups is 1. The van der Waals surface area contributed by atoms with Crippen LogP contribution in [0.1, 0.15) is 10.4 Å². The van der Waals surface area contributed by atoms with E-state index in [9.17, 15) is 14.9 Å². The van der Waals surface area contributed by atoms with E-state index in [-0.39, 0.29) is 17.0 Å². The summed E-state index contributed by atoms with van der Waals surface area (Å²) < 4.78 is 5.66. The lowest BCUT2D eigenvalue weighted by atomic mass is 10.1. The number of benzene rings is 3. The number of rotatable bonds is 5. The van der Waals surface area contributed by atoms with E-state index in [0.29, 0.717) is 5.75 Å². The zero-order chi connectivity index (χ0) is 18.5. The molecule has 0 unspecified atom stereocenters. The van der Waals surface area contributed by atoms with Crippen LogP contribution >= 0.6 is 0 Å². The van der Waals surface area contributed by atoms with E-state index in [1.165, 1.54) is 25.2 Å². The molecule has 0 aliphatic rings.